The number of anilines is 1. The van der Waals surface area contributed by atoms with Gasteiger partial charge in [-0.1, -0.05) is 6.07 Å². The Bertz CT molecular complexity index is 330. The molecule has 1 aromatic carbocycles. The fourth-order valence-corrected chi connectivity index (χ4v) is 1.08. The first kappa shape index (κ1) is 10.5. The molecule has 14 heavy (non-hydrogen) atoms. The van der Waals surface area contributed by atoms with Gasteiger partial charge in [0, 0.05) is 5.69 Å². The maximum atomic E-state index is 11.4. The predicted octanol–water partition coefficient (Wildman–Crippen LogP) is -0.490. The molecular weight excluding hydrogens is 186 g/mol. The summed E-state index contributed by atoms with van der Waals surface area (Å²) in [4.78, 5) is 11.4. The lowest BCUT2D eigenvalue weighted by Gasteiger charge is -2.09. The summed E-state index contributed by atoms with van der Waals surface area (Å²) in [5.74, 6) is -1.09. The van der Waals surface area contributed by atoms with Crippen LogP contribution in [-0.4, -0.2) is 33.8 Å². The van der Waals surface area contributed by atoms with Gasteiger partial charge >= 0.3 is 0 Å². The minimum absolute atomic E-state index is 0.0718. The van der Waals surface area contributed by atoms with E-state index in [2.05, 4.69) is 0 Å². The number of phenolic OH excluding ortho intramolecular Hbond substituents is 1. The lowest BCUT2D eigenvalue weighted by atomic mass is 10.0. The molecule has 0 aliphatic rings. The van der Waals surface area contributed by atoms with Gasteiger partial charge in [0.1, 0.15) is 11.9 Å². The van der Waals surface area contributed by atoms with E-state index in [0.717, 1.165) is 0 Å². The van der Waals surface area contributed by atoms with Crippen molar-refractivity contribution in [2.75, 3.05) is 12.3 Å². The molecule has 76 valence electrons. The number of nitrogen functional groups attached to an aromatic ring is 1. The van der Waals surface area contributed by atoms with Gasteiger partial charge in [-0.15, -0.1) is 0 Å². The lowest BCUT2D eigenvalue weighted by molar-refractivity contribution is 0.0586. The molecular formula is C9H11NO4. The number of Topliss-reactive ketones (excluding diaryl/α,β-unsaturated/α-hetero) is 1. The van der Waals surface area contributed by atoms with E-state index in [4.69, 9.17) is 15.9 Å². The summed E-state index contributed by atoms with van der Waals surface area (Å²) in [5.41, 5.74) is 5.35. The van der Waals surface area contributed by atoms with E-state index in [1.165, 1.54) is 18.2 Å². The number of aliphatic hydroxyl groups excluding tert-OH is 2. The highest BCUT2D eigenvalue weighted by atomic mass is 16.3. The number of carbonyl (C=O) groups is 1. The summed E-state index contributed by atoms with van der Waals surface area (Å²) in [7, 11) is 0. The Kier molecular flexibility index (Phi) is 3.06. The van der Waals surface area contributed by atoms with Crippen molar-refractivity contribution < 1.29 is 20.1 Å². The minimum atomic E-state index is -1.55. The van der Waals surface area contributed by atoms with Crippen molar-refractivity contribution in [3.8, 4) is 5.75 Å². The van der Waals surface area contributed by atoms with Gasteiger partial charge in [0.2, 0.25) is 0 Å². The molecule has 5 heteroatoms. The summed E-state index contributed by atoms with van der Waals surface area (Å²) in [5, 5.41) is 26.9. The number of aliphatic hydroxyl groups is 2. The van der Waals surface area contributed by atoms with E-state index in [9.17, 15) is 9.90 Å². The average molecular weight is 197 g/mol. The number of nitrogens with two attached hydrogens (primary N) is 1. The second-order valence-corrected chi connectivity index (χ2v) is 2.80. The van der Waals surface area contributed by atoms with Crippen LogP contribution >= 0.6 is 0 Å². The van der Waals surface area contributed by atoms with Gasteiger partial charge in [-0.3, -0.25) is 4.79 Å². The molecule has 0 aliphatic carbocycles. The molecule has 0 aromatic heterocycles. The first-order valence-electron chi connectivity index (χ1n) is 3.98. The van der Waals surface area contributed by atoms with Crippen LogP contribution in [0.4, 0.5) is 5.69 Å². The molecule has 0 amide bonds. The maximum absolute atomic E-state index is 11.4. The number of rotatable bonds is 3. The number of carbonyl (C=O) groups excluding carboxylic acids is 1. The van der Waals surface area contributed by atoms with Crippen LogP contribution in [0.5, 0.6) is 5.75 Å². The Morgan fingerprint density at radius 2 is 2.14 bits per heavy atom. The molecule has 1 atom stereocenters. The van der Waals surface area contributed by atoms with Crippen molar-refractivity contribution in [2.24, 2.45) is 0 Å². The van der Waals surface area contributed by atoms with Crippen molar-refractivity contribution in [1.82, 2.24) is 0 Å². The van der Waals surface area contributed by atoms with Gasteiger partial charge in [-0.25, -0.2) is 0 Å². The highest BCUT2D eigenvalue weighted by Crippen LogP contribution is 2.24. The molecule has 0 heterocycles. The smallest absolute Gasteiger partial charge is 0.199 e. The molecule has 1 rings (SSSR count). The molecule has 5 N–H and O–H groups in total. The van der Waals surface area contributed by atoms with Crippen LogP contribution in [0.1, 0.15) is 10.4 Å². The van der Waals surface area contributed by atoms with Crippen LogP contribution in [-0.2, 0) is 0 Å². The largest absolute Gasteiger partial charge is 0.507 e. The first-order valence-corrected chi connectivity index (χ1v) is 3.98. The average Bonchev–Trinajstić information content (AvgIpc) is 2.16. The zero-order valence-corrected chi connectivity index (χ0v) is 7.34. The van der Waals surface area contributed by atoms with Gasteiger partial charge in [-0.05, 0) is 12.1 Å². The SMILES string of the molecule is Nc1cccc(O)c1C(=O)C(O)CO. The van der Waals surface area contributed by atoms with Crippen LogP contribution in [0.3, 0.4) is 0 Å². The molecule has 1 unspecified atom stereocenters. The van der Waals surface area contributed by atoms with Crippen LogP contribution in [0.25, 0.3) is 0 Å². The zero-order valence-electron chi connectivity index (χ0n) is 7.34. The number of phenols is 1. The third-order valence-electron chi connectivity index (χ3n) is 1.80. The van der Waals surface area contributed by atoms with Crippen LogP contribution in [0.15, 0.2) is 18.2 Å². The Hall–Kier alpha value is -1.59. The molecule has 0 bridgehead atoms. The molecule has 0 spiro atoms. The standard InChI is InChI=1S/C9H11NO4/c10-5-2-1-3-6(12)8(5)9(14)7(13)4-11/h1-3,7,11-13H,4,10H2. The number of ketones is 1. The fraction of sp³-hybridized carbons (Fsp3) is 0.222. The molecule has 5 nitrogen and oxygen atoms in total. The monoisotopic (exact) mass is 197 g/mol. The van der Waals surface area contributed by atoms with E-state index in [1.54, 1.807) is 0 Å². The third-order valence-corrected chi connectivity index (χ3v) is 1.80. The Balaban J connectivity index is 3.12. The maximum Gasteiger partial charge on any atom is 0.199 e. The third kappa shape index (κ3) is 1.84. The van der Waals surface area contributed by atoms with Crippen molar-refractivity contribution in [3.63, 3.8) is 0 Å². The van der Waals surface area contributed by atoms with E-state index >= 15 is 0 Å². The summed E-state index contributed by atoms with van der Waals surface area (Å²) in [6.07, 6.45) is -1.55. The van der Waals surface area contributed by atoms with Gasteiger partial charge < -0.3 is 21.1 Å². The Labute approximate surface area is 80.4 Å². The number of hydrogen-bond acceptors (Lipinski definition) is 5. The van der Waals surface area contributed by atoms with Crippen LogP contribution in [0.2, 0.25) is 0 Å². The summed E-state index contributed by atoms with van der Waals surface area (Å²) in [6.45, 7) is -0.702. The van der Waals surface area contributed by atoms with E-state index in [-0.39, 0.29) is 17.0 Å². The van der Waals surface area contributed by atoms with Crippen LogP contribution in [0, 0.1) is 0 Å². The zero-order chi connectivity index (χ0) is 10.7. The quantitative estimate of drug-likeness (QED) is 0.386. The minimum Gasteiger partial charge on any atom is -0.507 e. The molecule has 0 saturated carbocycles. The van der Waals surface area contributed by atoms with E-state index in [1.807, 2.05) is 0 Å². The Morgan fingerprint density at radius 1 is 1.50 bits per heavy atom. The predicted molar refractivity (Wildman–Crippen MR) is 49.9 cm³/mol. The normalized spacial score (nSPS) is 12.4. The van der Waals surface area contributed by atoms with Gasteiger partial charge in [0.05, 0.1) is 12.2 Å². The number of benzene rings is 1. The fourth-order valence-electron chi connectivity index (χ4n) is 1.08. The summed E-state index contributed by atoms with van der Waals surface area (Å²) in [6, 6.07) is 4.19. The van der Waals surface area contributed by atoms with Crippen molar-refractivity contribution in [1.29, 1.82) is 0 Å². The second kappa shape index (κ2) is 4.08. The first-order chi connectivity index (χ1) is 6.57. The summed E-state index contributed by atoms with van der Waals surface area (Å²) < 4.78 is 0. The number of hydrogen-bond donors (Lipinski definition) is 4. The highest BCUT2D eigenvalue weighted by molar-refractivity contribution is 6.05. The molecule has 1 aromatic rings. The Morgan fingerprint density at radius 3 is 2.64 bits per heavy atom. The number of aromatic hydroxyl groups is 1. The summed E-state index contributed by atoms with van der Waals surface area (Å²) >= 11 is 0. The van der Waals surface area contributed by atoms with Gasteiger partial charge in [0.15, 0.2) is 5.78 Å². The topological polar surface area (TPSA) is 104 Å². The van der Waals surface area contributed by atoms with Crippen LogP contribution < -0.4 is 5.73 Å². The van der Waals surface area contributed by atoms with E-state index < -0.39 is 18.5 Å². The molecule has 0 saturated heterocycles. The van der Waals surface area contributed by atoms with Crippen molar-refractivity contribution >= 4 is 11.5 Å². The highest BCUT2D eigenvalue weighted by Gasteiger charge is 2.21. The molecule has 0 fully saturated rings. The molecule has 0 aliphatic heterocycles. The van der Waals surface area contributed by atoms with E-state index in [0.29, 0.717) is 0 Å². The van der Waals surface area contributed by atoms with Gasteiger partial charge in [0.25, 0.3) is 0 Å². The molecule has 0 radical (unpaired) electrons. The lowest BCUT2D eigenvalue weighted by Crippen LogP contribution is -2.25. The van der Waals surface area contributed by atoms with Gasteiger partial charge in [-0.2, -0.15) is 0 Å². The second-order valence-electron chi connectivity index (χ2n) is 2.80. The van der Waals surface area contributed by atoms with Crippen molar-refractivity contribution in [3.05, 3.63) is 23.8 Å². The van der Waals surface area contributed by atoms with Crippen molar-refractivity contribution in [2.45, 2.75) is 6.10 Å².